The van der Waals surface area contributed by atoms with Crippen LogP contribution in [-0.4, -0.2) is 43.4 Å². The highest BCUT2D eigenvalue weighted by atomic mass is 19.1. The van der Waals surface area contributed by atoms with E-state index in [0.29, 0.717) is 13.2 Å². The van der Waals surface area contributed by atoms with Gasteiger partial charge in [0.05, 0.1) is 0 Å². The first-order valence-electron chi connectivity index (χ1n) is 5.41. The van der Waals surface area contributed by atoms with Crippen molar-refractivity contribution >= 4 is 0 Å². The van der Waals surface area contributed by atoms with Gasteiger partial charge in [-0.15, -0.1) is 0 Å². The van der Waals surface area contributed by atoms with E-state index in [4.69, 9.17) is 9.84 Å². The summed E-state index contributed by atoms with van der Waals surface area (Å²) in [6.07, 6.45) is 0.746. The van der Waals surface area contributed by atoms with Gasteiger partial charge in [-0.1, -0.05) is 12.1 Å². The molecule has 0 saturated carbocycles. The summed E-state index contributed by atoms with van der Waals surface area (Å²) in [4.78, 5) is 2.04. The van der Waals surface area contributed by atoms with Gasteiger partial charge in [0, 0.05) is 19.7 Å². The molecule has 0 unspecified atom stereocenters. The van der Waals surface area contributed by atoms with Crippen LogP contribution in [0.3, 0.4) is 0 Å². The quantitative estimate of drug-likeness (QED) is 0.766. The lowest BCUT2D eigenvalue weighted by Crippen LogP contribution is -2.26. The molecule has 0 heterocycles. The number of hydrogen-bond donors (Lipinski definition) is 1. The van der Waals surface area contributed by atoms with Gasteiger partial charge in [0.2, 0.25) is 0 Å². The lowest BCUT2D eigenvalue weighted by atomic mass is 10.3. The lowest BCUT2D eigenvalue weighted by molar-refractivity contribution is 0.210. The Bertz CT molecular complexity index is 307. The Labute approximate surface area is 95.5 Å². The van der Waals surface area contributed by atoms with Crippen LogP contribution in [0.15, 0.2) is 24.3 Å². The highest BCUT2D eigenvalue weighted by Crippen LogP contribution is 2.14. The number of ether oxygens (including phenoxy) is 1. The van der Waals surface area contributed by atoms with E-state index in [1.165, 1.54) is 6.07 Å². The fourth-order valence-electron chi connectivity index (χ4n) is 1.33. The predicted molar refractivity (Wildman–Crippen MR) is 61.1 cm³/mol. The summed E-state index contributed by atoms with van der Waals surface area (Å²) in [5.74, 6) is -0.0430. The van der Waals surface area contributed by atoms with Crippen molar-refractivity contribution in [1.82, 2.24) is 4.90 Å². The molecule has 0 aromatic heterocycles. The molecule has 1 rings (SSSR count). The molecule has 3 nitrogen and oxygen atoms in total. The molecule has 0 aliphatic carbocycles. The summed E-state index contributed by atoms with van der Waals surface area (Å²) in [5, 5.41) is 8.65. The first kappa shape index (κ1) is 12.9. The van der Waals surface area contributed by atoms with Crippen molar-refractivity contribution in [2.75, 3.05) is 33.4 Å². The monoisotopic (exact) mass is 227 g/mol. The number of likely N-dealkylation sites (N-methyl/N-ethyl adjacent to an activating group) is 1. The molecule has 0 spiro atoms. The number of aliphatic hydroxyl groups excluding tert-OH is 1. The van der Waals surface area contributed by atoms with E-state index in [1.54, 1.807) is 18.2 Å². The van der Waals surface area contributed by atoms with Crippen LogP contribution in [0.25, 0.3) is 0 Å². The van der Waals surface area contributed by atoms with E-state index in [9.17, 15) is 4.39 Å². The second-order valence-electron chi connectivity index (χ2n) is 3.66. The Hall–Kier alpha value is -1.13. The molecule has 90 valence electrons. The standard InChI is InChI=1S/C12H18FNO2/c1-14(7-4-9-15)8-10-16-12-6-3-2-5-11(12)13/h2-3,5-6,15H,4,7-10H2,1H3. The molecule has 4 heteroatoms. The van der Waals surface area contributed by atoms with Crippen LogP contribution in [-0.2, 0) is 0 Å². The zero-order valence-corrected chi connectivity index (χ0v) is 9.53. The fourth-order valence-corrected chi connectivity index (χ4v) is 1.33. The van der Waals surface area contributed by atoms with Crippen molar-refractivity contribution < 1.29 is 14.2 Å². The average Bonchev–Trinajstić information content (AvgIpc) is 2.29. The van der Waals surface area contributed by atoms with E-state index in [1.807, 2.05) is 11.9 Å². The van der Waals surface area contributed by atoms with Gasteiger partial charge in [-0.05, 0) is 25.6 Å². The molecule has 1 N–H and O–H groups in total. The van der Waals surface area contributed by atoms with E-state index in [0.717, 1.165) is 13.0 Å². The molecule has 1 aromatic rings. The minimum absolute atomic E-state index is 0.193. The maximum absolute atomic E-state index is 13.1. The highest BCUT2D eigenvalue weighted by Gasteiger charge is 2.02. The van der Waals surface area contributed by atoms with E-state index in [-0.39, 0.29) is 18.2 Å². The average molecular weight is 227 g/mol. The van der Waals surface area contributed by atoms with Gasteiger partial charge in [0.25, 0.3) is 0 Å². The van der Waals surface area contributed by atoms with Crippen LogP contribution in [0.4, 0.5) is 4.39 Å². The highest BCUT2D eigenvalue weighted by molar-refractivity contribution is 5.23. The zero-order valence-electron chi connectivity index (χ0n) is 9.53. The third-order valence-corrected chi connectivity index (χ3v) is 2.27. The molecule has 0 aliphatic rings. The van der Waals surface area contributed by atoms with Crippen LogP contribution in [0.5, 0.6) is 5.75 Å². The van der Waals surface area contributed by atoms with E-state index < -0.39 is 0 Å². The molecule has 0 saturated heterocycles. The summed E-state index contributed by atoms with van der Waals surface area (Å²) in [7, 11) is 1.94. The number of halogens is 1. The van der Waals surface area contributed by atoms with Crippen LogP contribution in [0.1, 0.15) is 6.42 Å². The minimum atomic E-state index is -0.333. The zero-order chi connectivity index (χ0) is 11.8. The molecule has 0 aliphatic heterocycles. The Morgan fingerprint density at radius 2 is 2.06 bits per heavy atom. The van der Waals surface area contributed by atoms with Gasteiger partial charge in [-0.25, -0.2) is 4.39 Å². The predicted octanol–water partition coefficient (Wildman–Crippen LogP) is 1.52. The van der Waals surface area contributed by atoms with Gasteiger partial charge in [-0.2, -0.15) is 0 Å². The third-order valence-electron chi connectivity index (χ3n) is 2.27. The van der Waals surface area contributed by atoms with Gasteiger partial charge in [0.15, 0.2) is 11.6 Å². The van der Waals surface area contributed by atoms with Crippen molar-refractivity contribution in [3.05, 3.63) is 30.1 Å². The topological polar surface area (TPSA) is 32.7 Å². The summed E-state index contributed by atoms with van der Waals surface area (Å²) in [6.45, 7) is 2.17. The van der Waals surface area contributed by atoms with Crippen molar-refractivity contribution in [1.29, 1.82) is 0 Å². The third kappa shape index (κ3) is 4.59. The van der Waals surface area contributed by atoms with Gasteiger partial charge < -0.3 is 14.7 Å². The maximum Gasteiger partial charge on any atom is 0.165 e. The number of benzene rings is 1. The van der Waals surface area contributed by atoms with Gasteiger partial charge in [0.1, 0.15) is 6.61 Å². The van der Waals surface area contributed by atoms with Crippen LogP contribution in [0, 0.1) is 5.82 Å². The molecular formula is C12H18FNO2. The fraction of sp³-hybridized carbons (Fsp3) is 0.500. The second kappa shape index (κ2) is 7.19. The van der Waals surface area contributed by atoms with Crippen molar-refractivity contribution in [3.8, 4) is 5.75 Å². The van der Waals surface area contributed by atoms with Crippen molar-refractivity contribution in [3.63, 3.8) is 0 Å². The SMILES string of the molecule is CN(CCCO)CCOc1ccccc1F. The molecule has 0 bridgehead atoms. The number of para-hydroxylation sites is 1. The second-order valence-corrected chi connectivity index (χ2v) is 3.66. The number of hydrogen-bond acceptors (Lipinski definition) is 3. The lowest BCUT2D eigenvalue weighted by Gasteiger charge is -2.16. The number of nitrogens with zero attached hydrogens (tertiary/aromatic N) is 1. The summed E-state index contributed by atoms with van der Waals surface area (Å²) in [5.41, 5.74) is 0. The molecule has 1 aromatic carbocycles. The Kier molecular flexibility index (Phi) is 5.82. The molecule has 0 amide bonds. The number of rotatable bonds is 7. The number of aliphatic hydroxyl groups is 1. The molecule has 16 heavy (non-hydrogen) atoms. The Morgan fingerprint density at radius 3 is 2.75 bits per heavy atom. The van der Waals surface area contributed by atoms with Crippen molar-refractivity contribution in [2.24, 2.45) is 0 Å². The summed E-state index contributed by atoms with van der Waals surface area (Å²) < 4.78 is 18.5. The summed E-state index contributed by atoms with van der Waals surface area (Å²) in [6, 6.07) is 6.37. The minimum Gasteiger partial charge on any atom is -0.489 e. The first-order chi connectivity index (χ1) is 7.74. The smallest absolute Gasteiger partial charge is 0.165 e. The Balaban J connectivity index is 2.23. The van der Waals surface area contributed by atoms with Crippen molar-refractivity contribution in [2.45, 2.75) is 6.42 Å². The molecular weight excluding hydrogens is 209 g/mol. The Morgan fingerprint density at radius 1 is 1.31 bits per heavy atom. The van der Waals surface area contributed by atoms with Gasteiger partial charge >= 0.3 is 0 Å². The molecule has 0 radical (unpaired) electrons. The van der Waals surface area contributed by atoms with Crippen LogP contribution >= 0.6 is 0 Å². The largest absolute Gasteiger partial charge is 0.489 e. The molecule has 0 atom stereocenters. The van der Waals surface area contributed by atoms with E-state index >= 15 is 0 Å². The first-order valence-corrected chi connectivity index (χ1v) is 5.41. The van der Waals surface area contributed by atoms with E-state index in [2.05, 4.69) is 0 Å². The maximum atomic E-state index is 13.1. The molecule has 0 fully saturated rings. The van der Waals surface area contributed by atoms with Crippen LogP contribution in [0.2, 0.25) is 0 Å². The summed E-state index contributed by atoms with van der Waals surface area (Å²) >= 11 is 0. The van der Waals surface area contributed by atoms with Gasteiger partial charge in [-0.3, -0.25) is 0 Å². The normalized spacial score (nSPS) is 10.8. The van der Waals surface area contributed by atoms with Crippen LogP contribution < -0.4 is 4.74 Å².